The van der Waals surface area contributed by atoms with Crippen LogP contribution in [0.25, 0.3) is 0 Å². The van der Waals surface area contributed by atoms with E-state index in [0.29, 0.717) is 24.7 Å². The molecule has 4 rings (SSSR count). The van der Waals surface area contributed by atoms with Gasteiger partial charge < -0.3 is 20.1 Å². The van der Waals surface area contributed by atoms with Gasteiger partial charge in [0.1, 0.15) is 17.5 Å². The lowest BCUT2D eigenvalue weighted by Crippen LogP contribution is -2.23. The van der Waals surface area contributed by atoms with Crippen LogP contribution >= 0.6 is 0 Å². The maximum absolute atomic E-state index is 13.3. The summed E-state index contributed by atoms with van der Waals surface area (Å²) in [6, 6.07) is 13.8. The van der Waals surface area contributed by atoms with Crippen molar-refractivity contribution < 1.29 is 13.9 Å². The molecule has 3 aromatic rings. The van der Waals surface area contributed by atoms with Crippen molar-refractivity contribution in [3.8, 4) is 11.5 Å². The number of halogens is 1. The van der Waals surface area contributed by atoms with Gasteiger partial charge in [-0.1, -0.05) is 6.07 Å². The molecular weight excluding hydrogens is 335 g/mol. The summed E-state index contributed by atoms with van der Waals surface area (Å²) in [4.78, 5) is 10.6. The van der Waals surface area contributed by atoms with Crippen molar-refractivity contribution in [1.29, 1.82) is 0 Å². The van der Waals surface area contributed by atoms with Crippen LogP contribution in [0.5, 0.6) is 11.5 Å². The average molecular weight is 352 g/mol. The van der Waals surface area contributed by atoms with Gasteiger partial charge >= 0.3 is 0 Å². The zero-order valence-corrected chi connectivity index (χ0v) is 13.9. The van der Waals surface area contributed by atoms with Crippen molar-refractivity contribution in [3.05, 3.63) is 71.9 Å². The van der Waals surface area contributed by atoms with Crippen molar-refractivity contribution in [2.24, 2.45) is 0 Å². The van der Waals surface area contributed by atoms with Gasteiger partial charge in [-0.15, -0.1) is 0 Å². The van der Waals surface area contributed by atoms with Crippen LogP contribution in [0.3, 0.4) is 0 Å². The SMILES string of the molecule is Nc1ccnc(CN(Cc2ccc3c(c2)OCO3)c2ccc(F)cc2)n1. The summed E-state index contributed by atoms with van der Waals surface area (Å²) in [5.41, 5.74) is 7.64. The molecule has 1 aliphatic heterocycles. The number of aromatic nitrogens is 2. The number of nitrogens with two attached hydrogens (primary N) is 1. The van der Waals surface area contributed by atoms with E-state index in [9.17, 15) is 4.39 Å². The van der Waals surface area contributed by atoms with E-state index in [1.165, 1.54) is 12.1 Å². The molecule has 0 amide bonds. The highest BCUT2D eigenvalue weighted by atomic mass is 19.1. The van der Waals surface area contributed by atoms with Crippen LogP contribution < -0.4 is 20.1 Å². The summed E-state index contributed by atoms with van der Waals surface area (Å²) in [5, 5.41) is 0. The van der Waals surface area contributed by atoms with E-state index in [1.54, 1.807) is 24.4 Å². The third-order valence-corrected chi connectivity index (χ3v) is 4.06. The number of ether oxygens (including phenoxy) is 2. The van der Waals surface area contributed by atoms with Crippen LogP contribution in [-0.2, 0) is 13.1 Å². The molecule has 0 unspecified atom stereocenters. The Morgan fingerprint density at radius 3 is 2.62 bits per heavy atom. The molecule has 2 heterocycles. The minimum atomic E-state index is -0.281. The molecule has 1 aliphatic rings. The lowest BCUT2D eigenvalue weighted by molar-refractivity contribution is 0.174. The zero-order valence-electron chi connectivity index (χ0n) is 13.9. The Morgan fingerprint density at radius 2 is 1.81 bits per heavy atom. The first-order valence-corrected chi connectivity index (χ1v) is 8.14. The molecule has 0 saturated heterocycles. The van der Waals surface area contributed by atoms with Crippen LogP contribution in [0, 0.1) is 5.82 Å². The Bertz CT molecular complexity index is 918. The van der Waals surface area contributed by atoms with Crippen molar-refractivity contribution in [3.63, 3.8) is 0 Å². The maximum Gasteiger partial charge on any atom is 0.231 e. The third kappa shape index (κ3) is 3.51. The second-order valence-corrected chi connectivity index (χ2v) is 5.92. The van der Waals surface area contributed by atoms with E-state index in [-0.39, 0.29) is 12.6 Å². The topological polar surface area (TPSA) is 73.5 Å². The first kappa shape index (κ1) is 16.1. The van der Waals surface area contributed by atoms with Crippen LogP contribution in [-0.4, -0.2) is 16.8 Å². The Morgan fingerprint density at radius 1 is 1.00 bits per heavy atom. The fourth-order valence-electron chi connectivity index (χ4n) is 2.81. The van der Waals surface area contributed by atoms with Gasteiger partial charge in [0, 0.05) is 18.4 Å². The van der Waals surface area contributed by atoms with Gasteiger partial charge in [-0.05, 0) is 48.0 Å². The molecule has 26 heavy (non-hydrogen) atoms. The Balaban J connectivity index is 1.62. The molecule has 0 fully saturated rings. The molecule has 0 saturated carbocycles. The highest BCUT2D eigenvalue weighted by Gasteiger charge is 2.16. The number of fused-ring (bicyclic) bond motifs is 1. The molecule has 7 heteroatoms. The normalized spacial score (nSPS) is 12.2. The smallest absolute Gasteiger partial charge is 0.231 e. The van der Waals surface area contributed by atoms with Crippen LogP contribution in [0.4, 0.5) is 15.9 Å². The first-order chi connectivity index (χ1) is 12.7. The molecule has 2 N–H and O–H groups in total. The number of nitrogen functional groups attached to an aromatic ring is 1. The van der Waals surface area contributed by atoms with Crippen LogP contribution in [0.1, 0.15) is 11.4 Å². The van der Waals surface area contributed by atoms with E-state index in [2.05, 4.69) is 9.97 Å². The summed E-state index contributed by atoms with van der Waals surface area (Å²) in [6.45, 7) is 1.24. The fourth-order valence-corrected chi connectivity index (χ4v) is 2.81. The highest BCUT2D eigenvalue weighted by Crippen LogP contribution is 2.33. The third-order valence-electron chi connectivity index (χ3n) is 4.06. The first-order valence-electron chi connectivity index (χ1n) is 8.14. The number of hydrogen-bond donors (Lipinski definition) is 1. The van der Waals surface area contributed by atoms with Gasteiger partial charge in [-0.3, -0.25) is 0 Å². The monoisotopic (exact) mass is 352 g/mol. The zero-order chi connectivity index (χ0) is 17.9. The fraction of sp³-hybridized carbons (Fsp3) is 0.158. The largest absolute Gasteiger partial charge is 0.454 e. The van der Waals surface area contributed by atoms with Crippen LogP contribution in [0.15, 0.2) is 54.7 Å². The molecule has 1 aromatic heterocycles. The van der Waals surface area contributed by atoms with Crippen molar-refractivity contribution in [2.45, 2.75) is 13.1 Å². The minimum Gasteiger partial charge on any atom is -0.454 e. The molecule has 2 aromatic carbocycles. The van der Waals surface area contributed by atoms with E-state index < -0.39 is 0 Å². The van der Waals surface area contributed by atoms with Crippen molar-refractivity contribution in [1.82, 2.24) is 9.97 Å². The summed E-state index contributed by atoms with van der Waals surface area (Å²) < 4.78 is 24.1. The standard InChI is InChI=1S/C19H17FN4O2/c20-14-2-4-15(5-3-14)24(11-19-22-8-7-18(21)23-19)10-13-1-6-16-17(9-13)26-12-25-16/h1-9H,10-12H2,(H2,21,22,23). The number of hydrogen-bond acceptors (Lipinski definition) is 6. The average Bonchev–Trinajstić information content (AvgIpc) is 3.10. The van der Waals surface area contributed by atoms with Crippen molar-refractivity contribution in [2.75, 3.05) is 17.4 Å². The quantitative estimate of drug-likeness (QED) is 0.760. The summed E-state index contributed by atoms with van der Waals surface area (Å²) in [6.07, 6.45) is 1.63. The molecule has 132 valence electrons. The second kappa shape index (κ2) is 6.87. The highest BCUT2D eigenvalue weighted by molar-refractivity contribution is 5.49. The number of rotatable bonds is 5. The minimum absolute atomic E-state index is 0.234. The second-order valence-electron chi connectivity index (χ2n) is 5.92. The molecule has 6 nitrogen and oxygen atoms in total. The maximum atomic E-state index is 13.3. The summed E-state index contributed by atoms with van der Waals surface area (Å²) in [5.74, 6) is 2.19. The van der Waals surface area contributed by atoms with E-state index >= 15 is 0 Å². The number of nitrogens with zero attached hydrogens (tertiary/aromatic N) is 3. The Hall–Kier alpha value is -3.35. The van der Waals surface area contributed by atoms with Crippen LogP contribution in [0.2, 0.25) is 0 Å². The molecule has 0 bridgehead atoms. The Kier molecular flexibility index (Phi) is 4.27. The molecule has 0 radical (unpaired) electrons. The predicted molar refractivity (Wildman–Crippen MR) is 95.3 cm³/mol. The summed E-state index contributed by atoms with van der Waals surface area (Å²) in [7, 11) is 0. The van der Waals surface area contributed by atoms with E-state index in [4.69, 9.17) is 15.2 Å². The van der Waals surface area contributed by atoms with E-state index in [1.807, 2.05) is 23.1 Å². The number of benzene rings is 2. The van der Waals surface area contributed by atoms with Gasteiger partial charge in [0.2, 0.25) is 6.79 Å². The van der Waals surface area contributed by atoms with Gasteiger partial charge in [-0.2, -0.15) is 0 Å². The van der Waals surface area contributed by atoms with Gasteiger partial charge in [0.05, 0.1) is 6.54 Å². The van der Waals surface area contributed by atoms with Gasteiger partial charge in [0.15, 0.2) is 11.5 Å². The van der Waals surface area contributed by atoms with Crippen molar-refractivity contribution >= 4 is 11.5 Å². The number of anilines is 2. The molecule has 0 atom stereocenters. The van der Waals surface area contributed by atoms with Gasteiger partial charge in [-0.25, -0.2) is 14.4 Å². The van der Waals surface area contributed by atoms with E-state index in [0.717, 1.165) is 22.7 Å². The lowest BCUT2D eigenvalue weighted by Gasteiger charge is -2.24. The molecule has 0 spiro atoms. The van der Waals surface area contributed by atoms with Gasteiger partial charge in [0.25, 0.3) is 0 Å². The Labute approximate surface area is 150 Å². The predicted octanol–water partition coefficient (Wildman–Crippen LogP) is 3.13. The molecular formula is C19H17FN4O2. The summed E-state index contributed by atoms with van der Waals surface area (Å²) >= 11 is 0. The molecule has 0 aliphatic carbocycles. The lowest BCUT2D eigenvalue weighted by atomic mass is 10.1.